The molecular weight excluding hydrogens is 260 g/mol. The van der Waals surface area contributed by atoms with Crippen LogP contribution in [0.15, 0.2) is 48.5 Å². The molecule has 0 saturated carbocycles. The van der Waals surface area contributed by atoms with Gasteiger partial charge in [0.05, 0.1) is 0 Å². The number of nitrogens with one attached hydrogen (secondary N) is 1. The maximum absolute atomic E-state index is 11.4. The van der Waals surface area contributed by atoms with Crippen LogP contribution in [0.25, 0.3) is 0 Å². The molecule has 2 aromatic carbocycles. The van der Waals surface area contributed by atoms with Crippen molar-refractivity contribution in [3.63, 3.8) is 0 Å². The summed E-state index contributed by atoms with van der Waals surface area (Å²) in [4.78, 5) is 13.1. The van der Waals surface area contributed by atoms with Crippen LogP contribution < -0.4 is 5.32 Å². The van der Waals surface area contributed by atoms with Gasteiger partial charge in [0.1, 0.15) is 0 Å². The first kappa shape index (κ1) is 15.1. The number of carbonyl (C=O) groups excluding carboxylic acids is 1. The number of amides is 1. The van der Waals surface area contributed by atoms with Crippen LogP contribution in [0.5, 0.6) is 0 Å². The van der Waals surface area contributed by atoms with Gasteiger partial charge in [0.25, 0.3) is 0 Å². The smallest absolute Gasteiger partial charge is 0.219 e. The standard InChI is InChI=1S/C18H22N2O/c1-14-7-6-8-16(11-14)12-19-18-10-5-4-9-17(18)13-20(3)15(2)21/h4-11,19H,12-13H2,1-3H3. The van der Waals surface area contributed by atoms with Crippen LogP contribution in [0.3, 0.4) is 0 Å². The summed E-state index contributed by atoms with van der Waals surface area (Å²) in [5.74, 6) is 0.0727. The number of hydrogen-bond acceptors (Lipinski definition) is 2. The van der Waals surface area contributed by atoms with Crippen LogP contribution in [0.4, 0.5) is 5.69 Å². The van der Waals surface area contributed by atoms with Crippen LogP contribution in [-0.2, 0) is 17.9 Å². The maximum atomic E-state index is 11.4. The molecule has 1 N–H and O–H groups in total. The van der Waals surface area contributed by atoms with Crippen LogP contribution in [0.1, 0.15) is 23.6 Å². The number of carbonyl (C=O) groups is 1. The van der Waals surface area contributed by atoms with Gasteiger partial charge >= 0.3 is 0 Å². The summed E-state index contributed by atoms with van der Waals surface area (Å²) in [6.07, 6.45) is 0. The second kappa shape index (κ2) is 6.93. The largest absolute Gasteiger partial charge is 0.381 e. The lowest BCUT2D eigenvalue weighted by Gasteiger charge is -2.18. The molecule has 1 amide bonds. The third kappa shape index (κ3) is 4.35. The fourth-order valence-electron chi connectivity index (χ4n) is 2.22. The molecule has 0 atom stereocenters. The van der Waals surface area contributed by atoms with Crippen LogP contribution in [0.2, 0.25) is 0 Å². The van der Waals surface area contributed by atoms with Gasteiger partial charge in [-0.05, 0) is 24.1 Å². The van der Waals surface area contributed by atoms with Gasteiger partial charge in [-0.3, -0.25) is 4.79 Å². The van der Waals surface area contributed by atoms with E-state index in [9.17, 15) is 4.79 Å². The van der Waals surface area contributed by atoms with Gasteiger partial charge in [0, 0.05) is 32.7 Å². The summed E-state index contributed by atoms with van der Waals surface area (Å²) in [5, 5.41) is 3.46. The maximum Gasteiger partial charge on any atom is 0.219 e. The summed E-state index contributed by atoms with van der Waals surface area (Å²) in [7, 11) is 1.82. The molecule has 0 unspecified atom stereocenters. The Bertz CT molecular complexity index is 622. The molecule has 0 spiro atoms. The second-order valence-corrected chi connectivity index (χ2v) is 5.37. The van der Waals surface area contributed by atoms with Crippen molar-refractivity contribution in [3.8, 4) is 0 Å². The van der Waals surface area contributed by atoms with E-state index in [1.54, 1.807) is 11.8 Å². The Labute approximate surface area is 126 Å². The highest BCUT2D eigenvalue weighted by Gasteiger charge is 2.07. The fourth-order valence-corrected chi connectivity index (χ4v) is 2.22. The molecule has 0 aliphatic heterocycles. The number of anilines is 1. The van der Waals surface area contributed by atoms with Crippen LogP contribution in [-0.4, -0.2) is 17.9 Å². The number of aryl methyl sites for hydroxylation is 1. The van der Waals surface area contributed by atoms with E-state index in [1.165, 1.54) is 11.1 Å². The number of rotatable bonds is 5. The highest BCUT2D eigenvalue weighted by molar-refractivity contribution is 5.73. The van der Waals surface area contributed by atoms with E-state index < -0.39 is 0 Å². The molecule has 0 radical (unpaired) electrons. The van der Waals surface area contributed by atoms with Gasteiger partial charge in [-0.15, -0.1) is 0 Å². The Morgan fingerprint density at radius 3 is 2.62 bits per heavy atom. The zero-order valence-electron chi connectivity index (χ0n) is 12.9. The van der Waals surface area contributed by atoms with Gasteiger partial charge in [-0.25, -0.2) is 0 Å². The van der Waals surface area contributed by atoms with E-state index in [4.69, 9.17) is 0 Å². The summed E-state index contributed by atoms with van der Waals surface area (Å²) in [5.41, 5.74) is 4.72. The minimum Gasteiger partial charge on any atom is -0.381 e. The van der Waals surface area contributed by atoms with E-state index >= 15 is 0 Å². The summed E-state index contributed by atoms with van der Waals surface area (Å²) >= 11 is 0. The Hall–Kier alpha value is -2.29. The fraction of sp³-hybridized carbons (Fsp3) is 0.278. The number of hydrogen-bond donors (Lipinski definition) is 1. The van der Waals surface area contributed by atoms with Gasteiger partial charge in [-0.1, -0.05) is 48.0 Å². The van der Waals surface area contributed by atoms with E-state index in [0.717, 1.165) is 17.8 Å². The highest BCUT2D eigenvalue weighted by Crippen LogP contribution is 2.18. The van der Waals surface area contributed by atoms with Gasteiger partial charge in [0.15, 0.2) is 0 Å². The molecule has 2 aromatic rings. The van der Waals surface area contributed by atoms with Crippen molar-refractivity contribution in [1.29, 1.82) is 0 Å². The SMILES string of the molecule is CC(=O)N(C)Cc1ccccc1NCc1cccc(C)c1. The zero-order valence-corrected chi connectivity index (χ0v) is 12.9. The first-order valence-electron chi connectivity index (χ1n) is 7.15. The third-order valence-electron chi connectivity index (χ3n) is 3.53. The Kier molecular flexibility index (Phi) is 4.99. The highest BCUT2D eigenvalue weighted by atomic mass is 16.2. The lowest BCUT2D eigenvalue weighted by molar-refractivity contribution is -0.128. The van der Waals surface area contributed by atoms with Crippen LogP contribution >= 0.6 is 0 Å². The second-order valence-electron chi connectivity index (χ2n) is 5.37. The first-order chi connectivity index (χ1) is 10.1. The van der Waals surface area contributed by atoms with Crippen molar-refractivity contribution in [1.82, 2.24) is 4.90 Å². The van der Waals surface area contributed by atoms with E-state index in [0.29, 0.717) is 6.54 Å². The van der Waals surface area contributed by atoms with Crippen molar-refractivity contribution in [2.45, 2.75) is 26.9 Å². The molecule has 0 fully saturated rings. The Balaban J connectivity index is 2.08. The van der Waals surface area contributed by atoms with Crippen molar-refractivity contribution in [2.24, 2.45) is 0 Å². The van der Waals surface area contributed by atoms with Gasteiger partial charge in [-0.2, -0.15) is 0 Å². The van der Waals surface area contributed by atoms with Gasteiger partial charge in [0.2, 0.25) is 5.91 Å². The topological polar surface area (TPSA) is 32.3 Å². The molecule has 0 aliphatic carbocycles. The molecule has 3 heteroatoms. The quantitative estimate of drug-likeness (QED) is 0.909. The predicted octanol–water partition coefficient (Wildman–Crippen LogP) is 3.59. The number of nitrogens with zero attached hydrogens (tertiary/aromatic N) is 1. The van der Waals surface area contributed by atoms with E-state index in [2.05, 4.69) is 48.6 Å². The Morgan fingerprint density at radius 1 is 1.14 bits per heavy atom. The zero-order chi connectivity index (χ0) is 15.2. The molecule has 0 aromatic heterocycles. The predicted molar refractivity (Wildman–Crippen MR) is 87.1 cm³/mol. The van der Waals surface area contributed by atoms with Crippen LogP contribution in [0, 0.1) is 6.92 Å². The molecule has 110 valence electrons. The molecule has 3 nitrogen and oxygen atoms in total. The average molecular weight is 282 g/mol. The minimum absolute atomic E-state index is 0.0727. The summed E-state index contributed by atoms with van der Waals surface area (Å²) in [6, 6.07) is 16.6. The van der Waals surface area contributed by atoms with Gasteiger partial charge < -0.3 is 10.2 Å². The van der Waals surface area contributed by atoms with Crippen molar-refractivity contribution >= 4 is 11.6 Å². The minimum atomic E-state index is 0.0727. The molecular formula is C18H22N2O. The molecule has 0 aliphatic rings. The monoisotopic (exact) mass is 282 g/mol. The molecule has 0 saturated heterocycles. The van der Waals surface area contributed by atoms with E-state index in [1.807, 2.05) is 19.2 Å². The van der Waals surface area contributed by atoms with E-state index in [-0.39, 0.29) is 5.91 Å². The number of benzene rings is 2. The van der Waals surface area contributed by atoms with Crippen molar-refractivity contribution < 1.29 is 4.79 Å². The molecule has 0 heterocycles. The third-order valence-corrected chi connectivity index (χ3v) is 3.53. The van der Waals surface area contributed by atoms with Crippen molar-refractivity contribution in [2.75, 3.05) is 12.4 Å². The lowest BCUT2D eigenvalue weighted by Crippen LogP contribution is -2.23. The number of para-hydroxylation sites is 1. The summed E-state index contributed by atoms with van der Waals surface area (Å²) in [6.45, 7) is 5.08. The first-order valence-corrected chi connectivity index (χ1v) is 7.15. The summed E-state index contributed by atoms with van der Waals surface area (Å²) < 4.78 is 0. The molecule has 0 bridgehead atoms. The normalized spacial score (nSPS) is 10.2. The molecule has 21 heavy (non-hydrogen) atoms. The molecule has 2 rings (SSSR count). The lowest BCUT2D eigenvalue weighted by atomic mass is 10.1. The van der Waals surface area contributed by atoms with Crippen molar-refractivity contribution in [3.05, 3.63) is 65.2 Å². The Morgan fingerprint density at radius 2 is 1.90 bits per heavy atom. The average Bonchev–Trinajstić information content (AvgIpc) is 2.46.